The number of amides is 1. The number of furan rings is 1. The van der Waals surface area contributed by atoms with E-state index in [0.29, 0.717) is 17.6 Å². The molecule has 0 radical (unpaired) electrons. The third kappa shape index (κ3) is 3.53. The summed E-state index contributed by atoms with van der Waals surface area (Å²) in [5, 5.41) is 9.89. The number of aliphatic carboxylic acids is 1. The van der Waals surface area contributed by atoms with Crippen LogP contribution in [0.3, 0.4) is 0 Å². The average molecular weight is 319 g/mol. The molecule has 1 N–H and O–H groups in total. The van der Waals surface area contributed by atoms with Gasteiger partial charge < -0.3 is 19.2 Å². The summed E-state index contributed by atoms with van der Waals surface area (Å²) < 4.78 is 10.9. The summed E-state index contributed by atoms with van der Waals surface area (Å²) >= 11 is 0. The first-order valence-corrected chi connectivity index (χ1v) is 7.51. The Bertz CT molecular complexity index is 706. The lowest BCUT2D eigenvalue weighted by Gasteiger charge is -2.26. The van der Waals surface area contributed by atoms with Crippen LogP contribution < -0.4 is 0 Å². The third-order valence-electron chi connectivity index (χ3n) is 3.87. The predicted octanol–water partition coefficient (Wildman–Crippen LogP) is 2.90. The van der Waals surface area contributed by atoms with Gasteiger partial charge in [0.1, 0.15) is 12.1 Å². The summed E-state index contributed by atoms with van der Waals surface area (Å²) in [4.78, 5) is 25.3. The molecule has 1 heterocycles. The van der Waals surface area contributed by atoms with Gasteiger partial charge in [-0.2, -0.15) is 0 Å². The molecule has 0 aliphatic rings. The number of nitrogens with zero attached hydrogens (tertiary/aromatic N) is 1. The number of benzene rings is 1. The predicted molar refractivity (Wildman–Crippen MR) is 85.4 cm³/mol. The van der Waals surface area contributed by atoms with Gasteiger partial charge in [0, 0.05) is 24.1 Å². The zero-order valence-corrected chi connectivity index (χ0v) is 13.5. The molecule has 6 nitrogen and oxygen atoms in total. The molecule has 2 rings (SSSR count). The maximum Gasteiger partial charge on any atom is 0.323 e. The first kappa shape index (κ1) is 17.0. The van der Waals surface area contributed by atoms with Gasteiger partial charge >= 0.3 is 5.97 Å². The maximum absolute atomic E-state index is 12.9. The molecular weight excluding hydrogens is 298 g/mol. The number of carbonyl (C=O) groups excluding carboxylic acids is 1. The average Bonchev–Trinajstić information content (AvgIpc) is 2.90. The number of hydrogen-bond acceptors (Lipinski definition) is 4. The van der Waals surface area contributed by atoms with Crippen LogP contribution in [0.25, 0.3) is 11.0 Å². The summed E-state index contributed by atoms with van der Waals surface area (Å²) in [5.41, 5.74) is 1.23. The van der Waals surface area contributed by atoms with Gasteiger partial charge in [-0.3, -0.25) is 9.59 Å². The van der Waals surface area contributed by atoms with Crippen LogP contribution in [0.1, 0.15) is 36.4 Å². The summed E-state index contributed by atoms with van der Waals surface area (Å²) in [7, 11) is 1.54. The van der Waals surface area contributed by atoms with E-state index in [1.807, 2.05) is 32.0 Å². The van der Waals surface area contributed by atoms with Crippen LogP contribution in [-0.2, 0) is 16.1 Å². The molecule has 0 bridgehead atoms. The van der Waals surface area contributed by atoms with Crippen molar-refractivity contribution in [2.24, 2.45) is 0 Å². The Labute approximate surface area is 134 Å². The Morgan fingerprint density at radius 2 is 2.04 bits per heavy atom. The van der Waals surface area contributed by atoms with Crippen molar-refractivity contribution < 1.29 is 23.8 Å². The molecule has 23 heavy (non-hydrogen) atoms. The molecule has 0 saturated heterocycles. The number of para-hydroxylation sites is 1. The van der Waals surface area contributed by atoms with E-state index >= 15 is 0 Å². The number of carbonyl (C=O) groups is 2. The molecule has 1 amide bonds. The van der Waals surface area contributed by atoms with E-state index in [1.54, 1.807) is 13.2 Å². The highest BCUT2D eigenvalue weighted by atomic mass is 16.5. The van der Waals surface area contributed by atoms with Crippen LogP contribution in [0.4, 0.5) is 0 Å². The molecule has 1 aromatic heterocycles. The van der Waals surface area contributed by atoms with Crippen molar-refractivity contribution in [3.05, 3.63) is 35.6 Å². The molecule has 6 heteroatoms. The van der Waals surface area contributed by atoms with E-state index in [9.17, 15) is 9.59 Å². The summed E-state index contributed by atoms with van der Waals surface area (Å²) in [6, 6.07) is 7.10. The quantitative estimate of drug-likeness (QED) is 0.849. The molecule has 124 valence electrons. The minimum absolute atomic E-state index is 0.148. The summed E-state index contributed by atoms with van der Waals surface area (Å²) in [6.07, 6.45) is 0.652. The van der Waals surface area contributed by atoms with E-state index in [2.05, 4.69) is 0 Å². The molecule has 1 unspecified atom stereocenters. The molecule has 0 saturated carbocycles. The highest BCUT2D eigenvalue weighted by Crippen LogP contribution is 2.28. The van der Waals surface area contributed by atoms with Crippen LogP contribution in [0.2, 0.25) is 0 Å². The van der Waals surface area contributed by atoms with E-state index < -0.39 is 11.9 Å². The van der Waals surface area contributed by atoms with Crippen molar-refractivity contribution >= 4 is 22.8 Å². The van der Waals surface area contributed by atoms with Crippen LogP contribution in [-0.4, -0.2) is 41.6 Å². The largest absolute Gasteiger partial charge is 0.480 e. The van der Waals surface area contributed by atoms with Crippen LogP contribution >= 0.6 is 0 Å². The van der Waals surface area contributed by atoms with Crippen LogP contribution in [0.15, 0.2) is 28.7 Å². The molecular formula is C17H21NO5. The van der Waals surface area contributed by atoms with Crippen molar-refractivity contribution in [3.8, 4) is 0 Å². The molecule has 2 aromatic rings. The fraction of sp³-hybridized carbons (Fsp3) is 0.412. The van der Waals surface area contributed by atoms with Crippen LogP contribution in [0, 0.1) is 0 Å². The van der Waals surface area contributed by atoms with Gasteiger partial charge in [-0.1, -0.05) is 25.1 Å². The molecule has 0 aliphatic carbocycles. The smallest absolute Gasteiger partial charge is 0.323 e. The summed E-state index contributed by atoms with van der Waals surface area (Å²) in [5.74, 6) is -1.33. The second-order valence-electron chi connectivity index (χ2n) is 5.42. The minimum Gasteiger partial charge on any atom is -0.480 e. The zero-order valence-electron chi connectivity index (χ0n) is 13.5. The zero-order chi connectivity index (χ0) is 17.0. The van der Waals surface area contributed by atoms with E-state index in [-0.39, 0.29) is 25.0 Å². The van der Waals surface area contributed by atoms with Gasteiger partial charge in [-0.05, 0) is 19.4 Å². The van der Waals surface area contributed by atoms with Crippen LogP contribution in [0.5, 0.6) is 0 Å². The lowest BCUT2D eigenvalue weighted by atomic mass is 10.1. The van der Waals surface area contributed by atoms with Crippen molar-refractivity contribution in [1.29, 1.82) is 0 Å². The highest BCUT2D eigenvalue weighted by molar-refractivity contribution is 6.00. The lowest BCUT2D eigenvalue weighted by molar-refractivity contribution is -0.138. The second kappa shape index (κ2) is 7.28. The first-order chi connectivity index (χ1) is 11.0. The van der Waals surface area contributed by atoms with Gasteiger partial charge in [0.05, 0.1) is 6.61 Å². The lowest BCUT2D eigenvalue weighted by Crippen LogP contribution is -2.42. The number of rotatable bonds is 7. The van der Waals surface area contributed by atoms with Crippen molar-refractivity contribution in [1.82, 2.24) is 4.90 Å². The van der Waals surface area contributed by atoms with Gasteiger partial charge in [0.2, 0.25) is 0 Å². The maximum atomic E-state index is 12.9. The Kier molecular flexibility index (Phi) is 5.39. The SMILES string of the molecule is CCC(C)N(CC(=O)O)C(=O)c1oc2ccccc2c1COC. The van der Waals surface area contributed by atoms with Gasteiger partial charge in [0.15, 0.2) is 5.76 Å². The van der Waals surface area contributed by atoms with Crippen molar-refractivity contribution in [2.45, 2.75) is 32.9 Å². The number of ether oxygens (including phenoxy) is 1. The first-order valence-electron chi connectivity index (χ1n) is 7.51. The Balaban J connectivity index is 2.49. The number of carboxylic acids is 1. The molecule has 1 atom stereocenters. The minimum atomic E-state index is -1.05. The van der Waals surface area contributed by atoms with Crippen molar-refractivity contribution in [3.63, 3.8) is 0 Å². The van der Waals surface area contributed by atoms with Gasteiger partial charge in [-0.25, -0.2) is 0 Å². The number of fused-ring (bicyclic) bond motifs is 1. The number of methoxy groups -OCH3 is 1. The summed E-state index contributed by atoms with van der Waals surface area (Å²) in [6.45, 7) is 3.58. The third-order valence-corrected chi connectivity index (χ3v) is 3.87. The van der Waals surface area contributed by atoms with Gasteiger partial charge in [0.25, 0.3) is 5.91 Å². The monoisotopic (exact) mass is 319 g/mol. The molecule has 1 aromatic carbocycles. The van der Waals surface area contributed by atoms with Crippen molar-refractivity contribution in [2.75, 3.05) is 13.7 Å². The van der Waals surface area contributed by atoms with E-state index in [4.69, 9.17) is 14.3 Å². The topological polar surface area (TPSA) is 80.0 Å². The molecule has 0 aliphatic heterocycles. The molecule has 0 spiro atoms. The normalized spacial score (nSPS) is 12.3. The number of carboxylic acid groups (broad SMARTS) is 1. The van der Waals surface area contributed by atoms with Gasteiger partial charge in [-0.15, -0.1) is 0 Å². The molecule has 0 fully saturated rings. The number of hydrogen-bond donors (Lipinski definition) is 1. The Morgan fingerprint density at radius 3 is 2.65 bits per heavy atom. The van der Waals surface area contributed by atoms with E-state index in [1.165, 1.54) is 4.90 Å². The van der Waals surface area contributed by atoms with E-state index in [0.717, 1.165) is 5.39 Å². The Hall–Kier alpha value is -2.34. The standard InChI is InChI=1S/C17H21NO5/c1-4-11(2)18(9-15(19)20)17(21)16-13(10-22-3)12-7-5-6-8-14(12)23-16/h5-8,11H,4,9-10H2,1-3H3,(H,19,20). The highest BCUT2D eigenvalue weighted by Gasteiger charge is 2.29. The fourth-order valence-electron chi connectivity index (χ4n) is 2.48. The second-order valence-corrected chi connectivity index (χ2v) is 5.42. The Morgan fingerprint density at radius 1 is 1.35 bits per heavy atom. The fourth-order valence-corrected chi connectivity index (χ4v) is 2.48.